The largest absolute Gasteiger partial charge is 0.312 e. The normalized spacial score (nSPS) is 11.2. The summed E-state index contributed by atoms with van der Waals surface area (Å²) in [6.07, 6.45) is 6.56. The topological polar surface area (TPSA) is 42.7 Å². The number of aromatic nitrogens is 3. The van der Waals surface area contributed by atoms with Crippen molar-refractivity contribution in [3.8, 4) is 5.82 Å². The summed E-state index contributed by atoms with van der Waals surface area (Å²) in [5.74, 6) is 2.65. The van der Waals surface area contributed by atoms with E-state index >= 15 is 0 Å². The van der Waals surface area contributed by atoms with Gasteiger partial charge >= 0.3 is 0 Å². The molecule has 2 aromatic heterocycles. The molecule has 102 valence electrons. The lowest BCUT2D eigenvalue weighted by molar-refractivity contribution is 0.552. The molecule has 0 unspecified atom stereocenters. The molecule has 0 spiro atoms. The molecule has 4 nitrogen and oxygen atoms in total. The lowest BCUT2D eigenvalue weighted by Gasteiger charge is -2.10. The lowest BCUT2D eigenvalue weighted by Crippen LogP contribution is -2.19. The predicted molar refractivity (Wildman–Crippen MR) is 77.3 cm³/mol. The van der Waals surface area contributed by atoms with E-state index in [0.29, 0.717) is 5.92 Å². The average Bonchev–Trinajstić information content (AvgIpc) is 2.87. The Bertz CT molecular complexity index is 516. The number of nitrogens with one attached hydrogen (secondary N) is 1. The van der Waals surface area contributed by atoms with Gasteiger partial charge in [-0.1, -0.05) is 20.8 Å². The van der Waals surface area contributed by atoms with Gasteiger partial charge in [0.2, 0.25) is 0 Å². The minimum atomic E-state index is 0.668. The van der Waals surface area contributed by atoms with E-state index in [-0.39, 0.29) is 0 Å². The first kappa shape index (κ1) is 13.7. The number of imidazole rings is 1. The molecule has 19 heavy (non-hydrogen) atoms. The van der Waals surface area contributed by atoms with E-state index < -0.39 is 0 Å². The molecule has 2 heterocycles. The van der Waals surface area contributed by atoms with Crippen molar-refractivity contribution in [2.75, 3.05) is 6.54 Å². The highest BCUT2D eigenvalue weighted by atomic mass is 15.1. The third-order valence-electron chi connectivity index (χ3n) is 2.97. The molecule has 0 fully saturated rings. The number of aryl methyl sites for hydroxylation is 1. The Hall–Kier alpha value is -1.68. The molecule has 0 saturated heterocycles. The van der Waals surface area contributed by atoms with Gasteiger partial charge in [0.1, 0.15) is 11.6 Å². The Kier molecular flexibility index (Phi) is 4.68. The zero-order valence-corrected chi connectivity index (χ0v) is 11.9. The van der Waals surface area contributed by atoms with Gasteiger partial charge in [-0.15, -0.1) is 0 Å². The minimum absolute atomic E-state index is 0.668. The molecule has 4 heteroatoms. The molecule has 1 N–H and O–H groups in total. The summed E-state index contributed by atoms with van der Waals surface area (Å²) in [5.41, 5.74) is 1.25. The monoisotopic (exact) mass is 258 g/mol. The summed E-state index contributed by atoms with van der Waals surface area (Å²) in [7, 11) is 0. The van der Waals surface area contributed by atoms with Crippen LogP contribution in [-0.2, 0) is 13.0 Å². The van der Waals surface area contributed by atoms with Crippen molar-refractivity contribution in [1.29, 1.82) is 0 Å². The van der Waals surface area contributed by atoms with E-state index in [4.69, 9.17) is 0 Å². The molecular weight excluding hydrogens is 236 g/mol. The summed E-state index contributed by atoms with van der Waals surface area (Å²) in [6, 6.07) is 4.17. The van der Waals surface area contributed by atoms with E-state index in [1.54, 1.807) is 0 Å². The number of nitrogens with zero attached hydrogens (tertiary/aromatic N) is 3. The second kappa shape index (κ2) is 6.48. The van der Waals surface area contributed by atoms with Crippen LogP contribution in [-0.4, -0.2) is 21.1 Å². The predicted octanol–water partition coefficient (Wildman–Crippen LogP) is 2.58. The highest BCUT2D eigenvalue weighted by Crippen LogP contribution is 2.10. The molecule has 0 aliphatic heterocycles. The van der Waals surface area contributed by atoms with Gasteiger partial charge in [0.05, 0.1) is 0 Å². The second-order valence-electron chi connectivity index (χ2n) is 5.11. The lowest BCUT2D eigenvalue weighted by atomic mass is 10.2. The van der Waals surface area contributed by atoms with Crippen LogP contribution in [0.4, 0.5) is 0 Å². The van der Waals surface area contributed by atoms with E-state index in [1.165, 1.54) is 5.56 Å². The molecule has 0 aliphatic rings. The van der Waals surface area contributed by atoms with Gasteiger partial charge in [0.25, 0.3) is 0 Å². The highest BCUT2D eigenvalue weighted by molar-refractivity contribution is 5.29. The van der Waals surface area contributed by atoms with Crippen molar-refractivity contribution in [3.05, 3.63) is 42.1 Å². The van der Waals surface area contributed by atoms with E-state index in [2.05, 4.69) is 48.2 Å². The number of rotatable bonds is 6. The fourth-order valence-electron chi connectivity index (χ4n) is 2.01. The molecule has 0 amide bonds. The van der Waals surface area contributed by atoms with Crippen LogP contribution < -0.4 is 5.32 Å². The first-order valence-electron chi connectivity index (χ1n) is 6.89. The molecule has 0 bridgehead atoms. The van der Waals surface area contributed by atoms with Crippen molar-refractivity contribution in [2.24, 2.45) is 5.92 Å². The third-order valence-corrected chi connectivity index (χ3v) is 2.97. The van der Waals surface area contributed by atoms with Gasteiger partial charge in [-0.05, 0) is 30.2 Å². The first-order valence-corrected chi connectivity index (χ1v) is 6.89. The van der Waals surface area contributed by atoms with Crippen LogP contribution in [0.5, 0.6) is 0 Å². The first-order chi connectivity index (χ1) is 9.20. The van der Waals surface area contributed by atoms with Gasteiger partial charge in [-0.2, -0.15) is 0 Å². The zero-order chi connectivity index (χ0) is 13.7. The van der Waals surface area contributed by atoms with Crippen molar-refractivity contribution in [2.45, 2.75) is 33.7 Å². The van der Waals surface area contributed by atoms with Crippen molar-refractivity contribution >= 4 is 0 Å². The Labute approximate surface area is 114 Å². The van der Waals surface area contributed by atoms with Crippen LogP contribution in [0.15, 0.2) is 30.7 Å². The number of hydrogen-bond donors (Lipinski definition) is 1. The van der Waals surface area contributed by atoms with Crippen LogP contribution in [0.25, 0.3) is 5.82 Å². The summed E-state index contributed by atoms with van der Waals surface area (Å²) in [5, 5.41) is 3.45. The maximum atomic E-state index is 4.43. The Morgan fingerprint density at radius 1 is 1.26 bits per heavy atom. The third kappa shape index (κ3) is 3.64. The second-order valence-corrected chi connectivity index (χ2v) is 5.11. The summed E-state index contributed by atoms with van der Waals surface area (Å²) < 4.78 is 2.05. The molecule has 2 rings (SSSR count). The fourth-order valence-corrected chi connectivity index (χ4v) is 2.01. The van der Waals surface area contributed by atoms with Crippen LogP contribution in [0, 0.1) is 5.92 Å². The van der Waals surface area contributed by atoms with Gasteiger partial charge in [-0.3, -0.25) is 4.57 Å². The Balaban J connectivity index is 2.11. The standard InChI is InChI=1S/C15H22N4/c1-4-14-18-7-8-19(14)15-9-13(5-6-17-15)11-16-10-12(2)3/h5-9,12,16H,4,10-11H2,1-3H3. The van der Waals surface area contributed by atoms with Crippen LogP contribution >= 0.6 is 0 Å². The number of pyridine rings is 1. The summed E-state index contributed by atoms with van der Waals surface area (Å²) in [4.78, 5) is 8.76. The maximum Gasteiger partial charge on any atom is 0.138 e. The van der Waals surface area contributed by atoms with Gasteiger partial charge in [0, 0.05) is 31.6 Å². The Morgan fingerprint density at radius 3 is 2.84 bits per heavy atom. The summed E-state index contributed by atoms with van der Waals surface area (Å²) >= 11 is 0. The quantitative estimate of drug-likeness (QED) is 0.866. The molecular formula is C15H22N4. The van der Waals surface area contributed by atoms with Gasteiger partial charge in [0.15, 0.2) is 0 Å². The SMILES string of the molecule is CCc1nccn1-c1cc(CNCC(C)C)ccn1. The van der Waals surface area contributed by atoms with Crippen LogP contribution in [0.3, 0.4) is 0 Å². The van der Waals surface area contributed by atoms with Crippen LogP contribution in [0.1, 0.15) is 32.2 Å². The molecule has 0 aromatic carbocycles. The zero-order valence-electron chi connectivity index (χ0n) is 11.9. The molecule has 0 radical (unpaired) electrons. The minimum Gasteiger partial charge on any atom is -0.312 e. The van der Waals surface area contributed by atoms with Gasteiger partial charge in [-0.25, -0.2) is 9.97 Å². The van der Waals surface area contributed by atoms with Crippen LogP contribution in [0.2, 0.25) is 0 Å². The van der Waals surface area contributed by atoms with E-state index in [0.717, 1.165) is 31.2 Å². The maximum absolute atomic E-state index is 4.43. The van der Waals surface area contributed by atoms with Crippen molar-refractivity contribution in [1.82, 2.24) is 19.9 Å². The van der Waals surface area contributed by atoms with E-state index in [9.17, 15) is 0 Å². The van der Waals surface area contributed by atoms with Crippen molar-refractivity contribution < 1.29 is 0 Å². The molecule has 0 aliphatic carbocycles. The fraction of sp³-hybridized carbons (Fsp3) is 0.467. The Morgan fingerprint density at radius 2 is 2.11 bits per heavy atom. The molecule has 0 saturated carbocycles. The molecule has 0 atom stereocenters. The molecule has 2 aromatic rings. The van der Waals surface area contributed by atoms with E-state index in [1.807, 2.05) is 23.2 Å². The number of hydrogen-bond acceptors (Lipinski definition) is 3. The summed E-state index contributed by atoms with van der Waals surface area (Å²) in [6.45, 7) is 8.44. The average molecular weight is 258 g/mol. The highest BCUT2D eigenvalue weighted by Gasteiger charge is 2.05. The smallest absolute Gasteiger partial charge is 0.138 e. The van der Waals surface area contributed by atoms with Gasteiger partial charge < -0.3 is 5.32 Å². The van der Waals surface area contributed by atoms with Crippen molar-refractivity contribution in [3.63, 3.8) is 0 Å².